The molecule has 136 valence electrons. The largest absolute Gasteiger partial charge is 0.311 e. The Balaban J connectivity index is 1.43. The van der Waals surface area contributed by atoms with Crippen LogP contribution >= 0.6 is 23.1 Å². The molecule has 2 fully saturated rings. The molecule has 2 aromatic carbocycles. The van der Waals surface area contributed by atoms with E-state index >= 15 is 0 Å². The molecule has 0 spiro atoms. The van der Waals surface area contributed by atoms with Crippen LogP contribution < -0.4 is 5.32 Å². The Morgan fingerprint density at radius 2 is 1.93 bits per heavy atom. The first-order valence-corrected chi connectivity index (χ1v) is 10.7. The number of amides is 2. The van der Waals surface area contributed by atoms with E-state index in [2.05, 4.69) is 10.3 Å². The molecule has 7 heteroatoms. The summed E-state index contributed by atoms with van der Waals surface area (Å²) in [5.74, 6) is 0.486. The maximum Gasteiger partial charge on any atom is 0.249 e. The maximum atomic E-state index is 13.0. The Morgan fingerprint density at radius 3 is 2.74 bits per heavy atom. The van der Waals surface area contributed by atoms with Crippen molar-refractivity contribution in [2.75, 3.05) is 11.1 Å². The van der Waals surface area contributed by atoms with Crippen LogP contribution in [-0.2, 0) is 14.5 Å². The minimum Gasteiger partial charge on any atom is -0.311 e. The highest BCUT2D eigenvalue weighted by Gasteiger charge is 2.56. The van der Waals surface area contributed by atoms with Crippen molar-refractivity contribution < 1.29 is 9.59 Å². The molecule has 0 saturated carbocycles. The molecule has 27 heavy (non-hydrogen) atoms. The molecule has 2 aliphatic heterocycles. The summed E-state index contributed by atoms with van der Waals surface area (Å²) in [6.45, 7) is 0. The normalized spacial score (nSPS) is 24.4. The average molecular weight is 396 g/mol. The van der Waals surface area contributed by atoms with Gasteiger partial charge in [0.15, 0.2) is 5.13 Å². The van der Waals surface area contributed by atoms with Crippen LogP contribution in [0.15, 0.2) is 54.6 Å². The Morgan fingerprint density at radius 1 is 1.15 bits per heavy atom. The lowest BCUT2D eigenvalue weighted by Gasteiger charge is -2.33. The van der Waals surface area contributed by atoms with E-state index in [0.717, 1.165) is 22.2 Å². The second kappa shape index (κ2) is 6.35. The second-order valence-corrected chi connectivity index (χ2v) is 9.04. The van der Waals surface area contributed by atoms with E-state index in [1.165, 1.54) is 11.3 Å². The summed E-state index contributed by atoms with van der Waals surface area (Å²) < 4.78 is 1.03. The van der Waals surface area contributed by atoms with E-state index in [4.69, 9.17) is 0 Å². The molecule has 2 atom stereocenters. The van der Waals surface area contributed by atoms with Crippen LogP contribution in [-0.4, -0.2) is 33.5 Å². The number of hydrogen-bond acceptors (Lipinski definition) is 5. The van der Waals surface area contributed by atoms with Gasteiger partial charge in [-0.05, 0) is 24.1 Å². The molecule has 1 N–H and O–H groups in total. The third-order valence-corrected chi connectivity index (χ3v) is 7.73. The summed E-state index contributed by atoms with van der Waals surface area (Å²) in [5, 5.41) is 3.52. The van der Waals surface area contributed by atoms with Gasteiger partial charge in [-0.3, -0.25) is 9.59 Å². The van der Waals surface area contributed by atoms with Crippen molar-refractivity contribution in [2.45, 2.75) is 23.8 Å². The lowest BCUT2D eigenvalue weighted by Crippen LogP contribution is -2.48. The Kier molecular flexibility index (Phi) is 3.94. The van der Waals surface area contributed by atoms with Gasteiger partial charge in [-0.2, -0.15) is 0 Å². The number of carbonyl (C=O) groups excluding carboxylic acids is 2. The van der Waals surface area contributed by atoms with Crippen molar-refractivity contribution in [1.82, 2.24) is 9.88 Å². The van der Waals surface area contributed by atoms with Crippen LogP contribution in [0.2, 0.25) is 0 Å². The van der Waals surface area contributed by atoms with Gasteiger partial charge in [0.1, 0.15) is 10.9 Å². The SMILES string of the molecule is O=C(Nc1nc2ccccc2s1)[C@@H]1CS[C@]2(c3ccccc3)CCC(=O)N12. The fourth-order valence-electron chi connectivity index (χ4n) is 3.95. The summed E-state index contributed by atoms with van der Waals surface area (Å²) in [4.78, 5) is 31.5. The van der Waals surface area contributed by atoms with Gasteiger partial charge in [0.05, 0.1) is 10.2 Å². The van der Waals surface area contributed by atoms with Crippen LogP contribution in [0.5, 0.6) is 0 Å². The standard InChI is InChI=1S/C20H17N3O2S2/c24-17-10-11-20(13-6-2-1-3-7-13)23(17)15(12-26-20)18(25)22-19-21-14-8-4-5-9-16(14)27-19/h1-9,15H,10-12H2,(H,21,22,25)/t15-,20-/m0/s1. The van der Waals surface area contributed by atoms with Gasteiger partial charge in [0.2, 0.25) is 11.8 Å². The third kappa shape index (κ3) is 2.64. The molecular formula is C20H17N3O2S2. The van der Waals surface area contributed by atoms with Crippen LogP contribution in [0.3, 0.4) is 0 Å². The quantitative estimate of drug-likeness (QED) is 0.732. The first-order valence-electron chi connectivity index (χ1n) is 8.85. The van der Waals surface area contributed by atoms with Crippen LogP contribution in [0.4, 0.5) is 5.13 Å². The molecule has 3 heterocycles. The van der Waals surface area contributed by atoms with E-state index in [0.29, 0.717) is 17.3 Å². The number of nitrogens with zero attached hydrogens (tertiary/aromatic N) is 2. The van der Waals surface area contributed by atoms with Gasteiger partial charge >= 0.3 is 0 Å². The number of anilines is 1. The summed E-state index contributed by atoms with van der Waals surface area (Å²) in [5.41, 5.74) is 1.96. The number of hydrogen-bond donors (Lipinski definition) is 1. The van der Waals surface area contributed by atoms with E-state index in [9.17, 15) is 9.59 Å². The Labute approximate surface area is 164 Å². The highest BCUT2D eigenvalue weighted by Crippen LogP contribution is 2.54. The molecule has 2 aliphatic rings. The molecule has 5 rings (SSSR count). The van der Waals surface area contributed by atoms with Crippen LogP contribution in [0.1, 0.15) is 18.4 Å². The number of fused-ring (bicyclic) bond motifs is 2. The first-order chi connectivity index (χ1) is 13.2. The lowest BCUT2D eigenvalue weighted by molar-refractivity contribution is -0.136. The molecule has 0 radical (unpaired) electrons. The van der Waals surface area contributed by atoms with Crippen LogP contribution in [0, 0.1) is 0 Å². The molecule has 0 bridgehead atoms. The van der Waals surface area contributed by atoms with Gasteiger partial charge < -0.3 is 10.2 Å². The molecule has 2 amide bonds. The Bertz CT molecular complexity index is 1000. The predicted molar refractivity (Wildman–Crippen MR) is 109 cm³/mol. The summed E-state index contributed by atoms with van der Waals surface area (Å²) in [6, 6.07) is 17.4. The van der Waals surface area contributed by atoms with Gasteiger partial charge in [0.25, 0.3) is 0 Å². The van der Waals surface area contributed by atoms with E-state index in [-0.39, 0.29) is 11.8 Å². The van der Waals surface area contributed by atoms with Gasteiger partial charge in [-0.1, -0.05) is 53.8 Å². The molecule has 1 aromatic heterocycles. The minimum atomic E-state index is -0.475. The summed E-state index contributed by atoms with van der Waals surface area (Å²) in [7, 11) is 0. The number of para-hydroxylation sites is 1. The van der Waals surface area contributed by atoms with Crippen molar-refractivity contribution >= 4 is 50.3 Å². The first kappa shape index (κ1) is 16.8. The third-order valence-electron chi connectivity index (χ3n) is 5.18. The molecule has 0 unspecified atom stereocenters. The van der Waals surface area contributed by atoms with Gasteiger partial charge in [-0.15, -0.1) is 11.8 Å². The number of benzene rings is 2. The maximum absolute atomic E-state index is 13.0. The zero-order chi connectivity index (χ0) is 18.4. The summed E-state index contributed by atoms with van der Waals surface area (Å²) >= 11 is 3.15. The van der Waals surface area contributed by atoms with E-state index < -0.39 is 10.9 Å². The lowest BCUT2D eigenvalue weighted by atomic mass is 10.0. The van der Waals surface area contributed by atoms with Gasteiger partial charge in [-0.25, -0.2) is 4.98 Å². The molecule has 3 aromatic rings. The highest BCUT2D eigenvalue weighted by molar-refractivity contribution is 8.00. The number of nitrogens with one attached hydrogen (secondary N) is 1. The molecular weight excluding hydrogens is 378 g/mol. The smallest absolute Gasteiger partial charge is 0.249 e. The fourth-order valence-corrected chi connectivity index (χ4v) is 6.47. The molecule has 0 aliphatic carbocycles. The topological polar surface area (TPSA) is 62.3 Å². The second-order valence-electron chi connectivity index (χ2n) is 6.72. The fraction of sp³-hybridized carbons (Fsp3) is 0.250. The average Bonchev–Trinajstić information content (AvgIpc) is 3.36. The molecule has 2 saturated heterocycles. The zero-order valence-electron chi connectivity index (χ0n) is 14.4. The monoisotopic (exact) mass is 395 g/mol. The number of thiazole rings is 1. The van der Waals surface area contributed by atoms with E-state index in [1.807, 2.05) is 54.6 Å². The summed E-state index contributed by atoms with van der Waals surface area (Å²) in [6.07, 6.45) is 1.22. The van der Waals surface area contributed by atoms with Gasteiger partial charge in [0, 0.05) is 12.2 Å². The van der Waals surface area contributed by atoms with Crippen molar-refractivity contribution in [2.24, 2.45) is 0 Å². The number of aromatic nitrogens is 1. The number of carbonyl (C=O) groups is 2. The van der Waals surface area contributed by atoms with Crippen molar-refractivity contribution in [3.05, 3.63) is 60.2 Å². The van der Waals surface area contributed by atoms with Crippen molar-refractivity contribution in [1.29, 1.82) is 0 Å². The predicted octanol–water partition coefficient (Wildman–Crippen LogP) is 3.83. The number of thioether (sulfide) groups is 1. The molecule has 5 nitrogen and oxygen atoms in total. The van der Waals surface area contributed by atoms with Crippen molar-refractivity contribution in [3.63, 3.8) is 0 Å². The Hall–Kier alpha value is -2.38. The van der Waals surface area contributed by atoms with Crippen molar-refractivity contribution in [3.8, 4) is 0 Å². The number of rotatable bonds is 3. The zero-order valence-corrected chi connectivity index (χ0v) is 16.1. The van der Waals surface area contributed by atoms with Crippen LogP contribution in [0.25, 0.3) is 10.2 Å². The van der Waals surface area contributed by atoms with E-state index in [1.54, 1.807) is 16.7 Å². The highest BCUT2D eigenvalue weighted by atomic mass is 32.2. The minimum absolute atomic E-state index is 0.0494.